The Bertz CT molecular complexity index is 942. The smallest absolute Gasteiger partial charge is 0.312 e. The van der Waals surface area contributed by atoms with Gasteiger partial charge in [-0.1, -0.05) is 23.2 Å². The molecule has 9 heteroatoms. The third-order valence-electron chi connectivity index (χ3n) is 3.97. The van der Waals surface area contributed by atoms with Crippen LogP contribution in [0.1, 0.15) is 11.5 Å². The lowest BCUT2D eigenvalue weighted by atomic mass is 10.0. The second-order valence-electron chi connectivity index (χ2n) is 5.76. The van der Waals surface area contributed by atoms with Crippen molar-refractivity contribution in [3.05, 3.63) is 52.0 Å². The first-order valence-corrected chi connectivity index (χ1v) is 9.48. The van der Waals surface area contributed by atoms with E-state index in [9.17, 15) is 18.3 Å². The van der Waals surface area contributed by atoms with Crippen LogP contribution in [0.5, 0.6) is 0 Å². The van der Waals surface area contributed by atoms with Gasteiger partial charge in [0, 0.05) is 35.0 Å². The number of halogens is 2. The van der Waals surface area contributed by atoms with E-state index in [4.69, 9.17) is 23.2 Å². The fourth-order valence-electron chi connectivity index (χ4n) is 2.82. The van der Waals surface area contributed by atoms with Crippen molar-refractivity contribution in [3.63, 3.8) is 0 Å². The molecule has 0 bridgehead atoms. The highest BCUT2D eigenvalue weighted by molar-refractivity contribution is 7.92. The summed E-state index contributed by atoms with van der Waals surface area (Å²) in [6, 6.07) is 8.84. The van der Waals surface area contributed by atoms with E-state index in [0.29, 0.717) is 12.1 Å². The average Bonchev–Trinajstić information content (AvgIpc) is 2.83. The van der Waals surface area contributed by atoms with Crippen LogP contribution >= 0.6 is 23.2 Å². The lowest BCUT2D eigenvalue weighted by molar-refractivity contribution is -0.138. The fraction of sp³-hybridized carbons (Fsp3) is 0.188. The standard InChI is InChI=1S/C16H14Cl2N2O4S/c1-20-8-14(16(21)22)13-7-11(2-3-15(13)20)19-25(23,24)12-5-9(17)4-10(18)6-12/h2-7,14,19H,8H2,1H3,(H,21,22). The Labute approximate surface area is 155 Å². The highest BCUT2D eigenvalue weighted by atomic mass is 35.5. The number of carboxylic acid groups (broad SMARTS) is 1. The summed E-state index contributed by atoms with van der Waals surface area (Å²) in [5, 5.41) is 9.75. The predicted molar refractivity (Wildman–Crippen MR) is 97.4 cm³/mol. The van der Waals surface area contributed by atoms with Crippen LogP contribution in [0.4, 0.5) is 11.4 Å². The summed E-state index contributed by atoms with van der Waals surface area (Å²) in [6.07, 6.45) is 0. The van der Waals surface area contributed by atoms with Crippen LogP contribution in [0.15, 0.2) is 41.3 Å². The molecule has 132 valence electrons. The van der Waals surface area contributed by atoms with Crippen molar-refractivity contribution in [1.29, 1.82) is 0 Å². The van der Waals surface area contributed by atoms with Crippen molar-refractivity contribution in [2.75, 3.05) is 23.2 Å². The molecule has 3 rings (SSSR count). The normalized spacial score (nSPS) is 16.6. The van der Waals surface area contributed by atoms with E-state index in [1.54, 1.807) is 25.2 Å². The Morgan fingerprint density at radius 2 is 1.84 bits per heavy atom. The van der Waals surface area contributed by atoms with E-state index in [-0.39, 0.29) is 20.6 Å². The van der Waals surface area contributed by atoms with Crippen molar-refractivity contribution in [2.24, 2.45) is 0 Å². The third-order valence-corrected chi connectivity index (χ3v) is 5.76. The van der Waals surface area contributed by atoms with Gasteiger partial charge < -0.3 is 10.0 Å². The zero-order valence-electron chi connectivity index (χ0n) is 13.0. The summed E-state index contributed by atoms with van der Waals surface area (Å²) in [7, 11) is -2.12. The molecule has 0 fully saturated rings. The lowest BCUT2D eigenvalue weighted by Crippen LogP contribution is -2.19. The number of carbonyl (C=O) groups is 1. The van der Waals surface area contributed by atoms with E-state index >= 15 is 0 Å². The number of nitrogens with one attached hydrogen (secondary N) is 1. The maximum atomic E-state index is 12.5. The molecular weight excluding hydrogens is 387 g/mol. The molecule has 0 aliphatic carbocycles. The number of aliphatic carboxylic acids is 1. The van der Waals surface area contributed by atoms with E-state index in [1.165, 1.54) is 18.2 Å². The highest BCUT2D eigenvalue weighted by Crippen LogP contribution is 2.37. The number of carboxylic acids is 1. The molecule has 2 aromatic rings. The van der Waals surface area contributed by atoms with Crippen molar-refractivity contribution < 1.29 is 18.3 Å². The van der Waals surface area contributed by atoms with Gasteiger partial charge in [0.2, 0.25) is 0 Å². The van der Waals surface area contributed by atoms with Crippen molar-refractivity contribution in [3.8, 4) is 0 Å². The molecule has 1 heterocycles. The number of hydrogen-bond acceptors (Lipinski definition) is 4. The molecule has 1 aliphatic rings. The minimum absolute atomic E-state index is 0.0719. The molecule has 1 atom stereocenters. The van der Waals surface area contributed by atoms with Crippen molar-refractivity contribution in [1.82, 2.24) is 0 Å². The largest absolute Gasteiger partial charge is 0.481 e. The number of sulfonamides is 1. The second kappa shape index (κ2) is 6.40. The van der Waals surface area contributed by atoms with Crippen LogP contribution in [0, 0.1) is 0 Å². The van der Waals surface area contributed by atoms with Crippen molar-refractivity contribution in [2.45, 2.75) is 10.8 Å². The molecular formula is C16H14Cl2N2O4S. The van der Waals surface area contributed by atoms with Crippen LogP contribution in [-0.2, 0) is 14.8 Å². The minimum atomic E-state index is -3.91. The highest BCUT2D eigenvalue weighted by Gasteiger charge is 2.32. The number of likely N-dealkylation sites (N-methyl/N-ethyl adjacent to an activating group) is 1. The maximum absolute atomic E-state index is 12.5. The number of hydrogen-bond donors (Lipinski definition) is 2. The Morgan fingerprint density at radius 1 is 1.20 bits per heavy atom. The fourth-order valence-corrected chi connectivity index (χ4v) is 4.60. The Morgan fingerprint density at radius 3 is 2.44 bits per heavy atom. The SMILES string of the molecule is CN1CC(C(=O)O)c2cc(NS(=O)(=O)c3cc(Cl)cc(Cl)c3)ccc21. The molecule has 25 heavy (non-hydrogen) atoms. The van der Waals surface area contributed by atoms with E-state index in [1.807, 2.05) is 4.90 Å². The monoisotopic (exact) mass is 400 g/mol. The molecule has 0 radical (unpaired) electrons. The van der Waals surface area contributed by atoms with Crippen molar-refractivity contribution >= 4 is 50.6 Å². The van der Waals surface area contributed by atoms with Gasteiger partial charge in [0.1, 0.15) is 5.92 Å². The van der Waals surface area contributed by atoms with E-state index in [2.05, 4.69) is 4.72 Å². The van der Waals surface area contributed by atoms with Gasteiger partial charge in [-0.15, -0.1) is 0 Å². The second-order valence-corrected chi connectivity index (χ2v) is 8.31. The van der Waals surface area contributed by atoms with Gasteiger partial charge >= 0.3 is 5.97 Å². The van der Waals surface area contributed by atoms with Gasteiger partial charge in [-0.3, -0.25) is 9.52 Å². The number of nitrogens with zero attached hydrogens (tertiary/aromatic N) is 1. The van der Waals surface area contributed by atoms with Crippen LogP contribution < -0.4 is 9.62 Å². The topological polar surface area (TPSA) is 86.7 Å². The summed E-state index contributed by atoms with van der Waals surface area (Å²) in [5.41, 5.74) is 1.61. The molecule has 0 spiro atoms. The molecule has 0 saturated carbocycles. The zero-order valence-corrected chi connectivity index (χ0v) is 15.4. The molecule has 0 saturated heterocycles. The third kappa shape index (κ3) is 3.53. The van der Waals surface area contributed by atoms with Crippen LogP contribution in [-0.4, -0.2) is 33.1 Å². The van der Waals surface area contributed by atoms with Gasteiger partial charge in [-0.05, 0) is 42.0 Å². The molecule has 6 nitrogen and oxygen atoms in total. The first-order chi connectivity index (χ1) is 11.7. The summed E-state index contributed by atoms with van der Waals surface area (Å²) >= 11 is 11.7. The zero-order chi connectivity index (χ0) is 18.4. The Balaban J connectivity index is 1.96. The first kappa shape index (κ1) is 17.8. The average molecular weight is 401 g/mol. The first-order valence-electron chi connectivity index (χ1n) is 7.24. The van der Waals surface area contributed by atoms with Crippen LogP contribution in [0.25, 0.3) is 0 Å². The lowest BCUT2D eigenvalue weighted by Gasteiger charge is -2.13. The number of fused-ring (bicyclic) bond motifs is 1. The Kier molecular flexibility index (Phi) is 4.57. The van der Waals surface area contributed by atoms with Gasteiger partial charge in [-0.25, -0.2) is 8.42 Å². The minimum Gasteiger partial charge on any atom is -0.481 e. The van der Waals surface area contributed by atoms with Gasteiger partial charge in [0.25, 0.3) is 10.0 Å². The van der Waals surface area contributed by atoms with Crippen LogP contribution in [0.3, 0.4) is 0 Å². The molecule has 0 aromatic heterocycles. The van der Waals surface area contributed by atoms with Crippen LogP contribution in [0.2, 0.25) is 10.0 Å². The molecule has 1 unspecified atom stereocenters. The quantitative estimate of drug-likeness (QED) is 0.820. The van der Waals surface area contributed by atoms with E-state index < -0.39 is 21.9 Å². The summed E-state index contributed by atoms with van der Waals surface area (Å²) in [5.74, 6) is -1.66. The molecule has 0 amide bonds. The van der Waals surface area contributed by atoms with E-state index in [0.717, 1.165) is 5.69 Å². The maximum Gasteiger partial charge on any atom is 0.312 e. The summed E-state index contributed by atoms with van der Waals surface area (Å²) < 4.78 is 27.5. The van der Waals surface area contributed by atoms with Gasteiger partial charge in [0.15, 0.2) is 0 Å². The number of benzene rings is 2. The summed E-state index contributed by atoms with van der Waals surface area (Å²) in [6.45, 7) is 0.338. The Hall–Kier alpha value is -1.96. The molecule has 1 aliphatic heterocycles. The number of anilines is 2. The predicted octanol–water partition coefficient (Wildman–Crippen LogP) is 3.41. The number of rotatable bonds is 4. The molecule has 2 aromatic carbocycles. The summed E-state index contributed by atoms with van der Waals surface area (Å²) in [4.78, 5) is 13.2. The van der Waals surface area contributed by atoms with Gasteiger partial charge in [-0.2, -0.15) is 0 Å². The van der Waals surface area contributed by atoms with Gasteiger partial charge in [0.05, 0.1) is 4.90 Å². The molecule has 2 N–H and O–H groups in total.